The van der Waals surface area contributed by atoms with E-state index in [1.54, 1.807) is 11.8 Å². The summed E-state index contributed by atoms with van der Waals surface area (Å²) in [6, 6.07) is 0.278. The molecule has 3 nitrogen and oxygen atoms in total. The summed E-state index contributed by atoms with van der Waals surface area (Å²) in [7, 11) is 0. The maximum atomic E-state index is 11.5. The van der Waals surface area contributed by atoms with Gasteiger partial charge in [-0.05, 0) is 26.5 Å². The zero-order valence-electron chi connectivity index (χ0n) is 9.59. The van der Waals surface area contributed by atoms with E-state index in [1.807, 2.05) is 20.1 Å². The van der Waals surface area contributed by atoms with Gasteiger partial charge in [0.25, 0.3) is 0 Å². The quantitative estimate of drug-likeness (QED) is 0.708. The Hall–Kier alpha value is -0.220. The highest BCUT2D eigenvalue weighted by Gasteiger charge is 2.18. The summed E-state index contributed by atoms with van der Waals surface area (Å²) >= 11 is 1.75. The van der Waals surface area contributed by atoms with Crippen LogP contribution in [-0.4, -0.2) is 29.5 Å². The lowest BCUT2D eigenvalue weighted by Crippen LogP contribution is -2.43. The van der Waals surface area contributed by atoms with Crippen LogP contribution in [0.3, 0.4) is 0 Å². The van der Waals surface area contributed by atoms with E-state index in [0.29, 0.717) is 6.42 Å². The van der Waals surface area contributed by atoms with Crippen LogP contribution in [0.2, 0.25) is 0 Å². The molecule has 4 heteroatoms. The molecule has 0 bridgehead atoms. The molecule has 0 aliphatic heterocycles. The van der Waals surface area contributed by atoms with E-state index in [2.05, 4.69) is 12.2 Å². The second kappa shape index (κ2) is 6.30. The Morgan fingerprint density at radius 2 is 2.14 bits per heavy atom. The maximum Gasteiger partial charge on any atom is 0.222 e. The summed E-state index contributed by atoms with van der Waals surface area (Å²) < 4.78 is 0. The Balaban J connectivity index is 3.91. The van der Waals surface area contributed by atoms with Gasteiger partial charge in [0.1, 0.15) is 0 Å². The smallest absolute Gasteiger partial charge is 0.222 e. The van der Waals surface area contributed by atoms with Crippen LogP contribution in [0.15, 0.2) is 0 Å². The van der Waals surface area contributed by atoms with Crippen molar-refractivity contribution in [2.45, 2.75) is 45.2 Å². The molecule has 0 heterocycles. The zero-order chi connectivity index (χ0) is 11.2. The summed E-state index contributed by atoms with van der Waals surface area (Å²) in [5.41, 5.74) is 5.35. The Bertz CT molecular complexity index is 177. The minimum Gasteiger partial charge on any atom is -0.352 e. The van der Waals surface area contributed by atoms with Crippen LogP contribution in [0.4, 0.5) is 0 Å². The second-order valence-electron chi connectivity index (χ2n) is 4.29. The van der Waals surface area contributed by atoms with Crippen molar-refractivity contribution in [1.82, 2.24) is 5.32 Å². The molecule has 84 valence electrons. The molecule has 0 aromatic carbocycles. The third-order valence-electron chi connectivity index (χ3n) is 1.84. The Kier molecular flexibility index (Phi) is 6.20. The minimum absolute atomic E-state index is 0.0541. The summed E-state index contributed by atoms with van der Waals surface area (Å²) in [6.45, 7) is 5.80. The average molecular weight is 218 g/mol. The molecular formula is C10H22N2OS. The molecule has 0 spiro atoms. The van der Waals surface area contributed by atoms with Crippen molar-refractivity contribution < 1.29 is 4.79 Å². The molecule has 0 rings (SSSR count). The number of hydrogen-bond donors (Lipinski definition) is 2. The number of rotatable bonds is 6. The third-order valence-corrected chi connectivity index (χ3v) is 2.58. The Morgan fingerprint density at radius 3 is 2.50 bits per heavy atom. The summed E-state index contributed by atoms with van der Waals surface area (Å²) in [5, 5.41) is 2.98. The predicted octanol–water partition coefficient (Wildman–Crippen LogP) is 1.37. The molecule has 3 N–H and O–H groups in total. The molecule has 14 heavy (non-hydrogen) atoms. The maximum absolute atomic E-state index is 11.5. The molecule has 0 aliphatic rings. The van der Waals surface area contributed by atoms with Gasteiger partial charge < -0.3 is 11.1 Å². The van der Waals surface area contributed by atoms with Gasteiger partial charge in [0.2, 0.25) is 5.91 Å². The number of nitrogens with one attached hydrogen (secondary N) is 1. The lowest BCUT2D eigenvalue weighted by Gasteiger charge is -2.21. The number of amides is 1. The van der Waals surface area contributed by atoms with Gasteiger partial charge in [0, 0.05) is 23.8 Å². The normalized spacial score (nSPS) is 13.8. The van der Waals surface area contributed by atoms with Gasteiger partial charge in [-0.1, -0.05) is 6.92 Å². The highest BCUT2D eigenvalue weighted by molar-refractivity contribution is 7.98. The van der Waals surface area contributed by atoms with E-state index in [-0.39, 0.29) is 11.9 Å². The highest BCUT2D eigenvalue weighted by Crippen LogP contribution is 2.05. The Labute approximate surface area is 91.2 Å². The molecule has 1 atom stereocenters. The lowest BCUT2D eigenvalue weighted by atomic mass is 10.0. The van der Waals surface area contributed by atoms with Crippen LogP contribution in [0.5, 0.6) is 0 Å². The average Bonchev–Trinajstić information content (AvgIpc) is 2.00. The van der Waals surface area contributed by atoms with E-state index in [9.17, 15) is 4.79 Å². The second-order valence-corrected chi connectivity index (χ2v) is 5.20. The van der Waals surface area contributed by atoms with Crippen molar-refractivity contribution in [3.05, 3.63) is 0 Å². The lowest BCUT2D eigenvalue weighted by molar-refractivity contribution is -0.122. The molecular weight excluding hydrogens is 196 g/mol. The number of hydrogen-bond acceptors (Lipinski definition) is 3. The van der Waals surface area contributed by atoms with Gasteiger partial charge in [-0.2, -0.15) is 11.8 Å². The monoisotopic (exact) mass is 218 g/mol. The van der Waals surface area contributed by atoms with Crippen LogP contribution in [0.25, 0.3) is 0 Å². The molecule has 0 aromatic heterocycles. The van der Waals surface area contributed by atoms with Crippen LogP contribution in [-0.2, 0) is 4.79 Å². The number of nitrogens with two attached hydrogens (primary N) is 1. The van der Waals surface area contributed by atoms with Crippen LogP contribution < -0.4 is 11.1 Å². The first-order valence-corrected chi connectivity index (χ1v) is 6.35. The van der Waals surface area contributed by atoms with Gasteiger partial charge >= 0.3 is 0 Å². The molecule has 0 aromatic rings. The standard InChI is InChI=1S/C10H22N2OS/c1-5-8(7-14-4)12-9(13)6-10(2,3)11/h8H,5-7,11H2,1-4H3,(H,12,13). The SMILES string of the molecule is CCC(CSC)NC(=O)CC(C)(C)N. The number of carbonyl (C=O) groups is 1. The Morgan fingerprint density at radius 1 is 1.57 bits per heavy atom. The van der Waals surface area contributed by atoms with E-state index in [0.717, 1.165) is 12.2 Å². The van der Waals surface area contributed by atoms with Crippen molar-refractivity contribution in [3.63, 3.8) is 0 Å². The zero-order valence-corrected chi connectivity index (χ0v) is 10.4. The van der Waals surface area contributed by atoms with E-state index in [4.69, 9.17) is 5.73 Å². The van der Waals surface area contributed by atoms with Crippen LogP contribution in [0.1, 0.15) is 33.6 Å². The van der Waals surface area contributed by atoms with Crippen LogP contribution in [0, 0.1) is 0 Å². The topological polar surface area (TPSA) is 55.1 Å². The van der Waals surface area contributed by atoms with Crippen molar-refractivity contribution in [2.24, 2.45) is 5.73 Å². The molecule has 1 unspecified atom stereocenters. The van der Waals surface area contributed by atoms with Crippen molar-refractivity contribution in [1.29, 1.82) is 0 Å². The van der Waals surface area contributed by atoms with Gasteiger partial charge in [-0.3, -0.25) is 4.79 Å². The van der Waals surface area contributed by atoms with E-state index < -0.39 is 5.54 Å². The van der Waals surface area contributed by atoms with Crippen molar-refractivity contribution >= 4 is 17.7 Å². The van der Waals surface area contributed by atoms with Gasteiger partial charge in [0.15, 0.2) is 0 Å². The van der Waals surface area contributed by atoms with Gasteiger partial charge in [-0.25, -0.2) is 0 Å². The number of thioether (sulfide) groups is 1. The molecule has 0 saturated carbocycles. The van der Waals surface area contributed by atoms with Crippen molar-refractivity contribution in [3.8, 4) is 0 Å². The fraction of sp³-hybridized carbons (Fsp3) is 0.900. The fourth-order valence-corrected chi connectivity index (χ4v) is 1.88. The largest absolute Gasteiger partial charge is 0.352 e. The molecule has 0 fully saturated rings. The molecule has 0 aliphatic carbocycles. The fourth-order valence-electron chi connectivity index (χ4n) is 1.16. The molecule has 0 radical (unpaired) electrons. The highest BCUT2D eigenvalue weighted by atomic mass is 32.2. The summed E-state index contributed by atoms with van der Waals surface area (Å²) in [5.74, 6) is 1.02. The van der Waals surface area contributed by atoms with Gasteiger partial charge in [0.05, 0.1) is 0 Å². The third kappa shape index (κ3) is 7.21. The summed E-state index contributed by atoms with van der Waals surface area (Å²) in [4.78, 5) is 11.5. The molecule has 1 amide bonds. The first kappa shape index (κ1) is 13.8. The first-order valence-electron chi connectivity index (χ1n) is 4.96. The van der Waals surface area contributed by atoms with Crippen LogP contribution >= 0.6 is 11.8 Å². The predicted molar refractivity (Wildman–Crippen MR) is 63.5 cm³/mol. The van der Waals surface area contributed by atoms with E-state index in [1.165, 1.54) is 0 Å². The van der Waals surface area contributed by atoms with Crippen molar-refractivity contribution in [2.75, 3.05) is 12.0 Å². The molecule has 0 saturated heterocycles. The minimum atomic E-state index is -0.415. The summed E-state index contributed by atoms with van der Waals surface area (Å²) in [6.07, 6.45) is 3.40. The van der Waals surface area contributed by atoms with E-state index >= 15 is 0 Å². The first-order chi connectivity index (χ1) is 6.39. The number of carbonyl (C=O) groups excluding carboxylic acids is 1. The van der Waals surface area contributed by atoms with Gasteiger partial charge in [-0.15, -0.1) is 0 Å².